The molecule has 0 fully saturated rings. The van der Waals surface area contributed by atoms with Gasteiger partial charge in [-0.2, -0.15) is 0 Å². The molecule has 0 saturated carbocycles. The lowest BCUT2D eigenvalue weighted by Gasteiger charge is -2.32. The third-order valence-electron chi connectivity index (χ3n) is 6.08. The van der Waals surface area contributed by atoms with Crippen LogP contribution in [0.5, 0.6) is 0 Å². The first-order valence-corrected chi connectivity index (χ1v) is 15.0. The monoisotopic (exact) mass is 609 g/mol. The Labute approximate surface area is 244 Å². The summed E-state index contributed by atoms with van der Waals surface area (Å²) >= 11 is 18.9. The second kappa shape index (κ2) is 14.0. The van der Waals surface area contributed by atoms with E-state index in [-0.39, 0.29) is 28.1 Å². The van der Waals surface area contributed by atoms with E-state index in [0.717, 1.165) is 17.1 Å². The van der Waals surface area contributed by atoms with Gasteiger partial charge in [-0.05, 0) is 55.3 Å². The number of anilines is 1. The number of rotatable bonds is 12. The Bertz CT molecular complexity index is 1400. The van der Waals surface area contributed by atoms with Gasteiger partial charge < -0.3 is 10.2 Å². The molecule has 2 amide bonds. The van der Waals surface area contributed by atoms with Crippen LogP contribution in [0.25, 0.3) is 0 Å². The van der Waals surface area contributed by atoms with Crippen LogP contribution in [-0.2, 0) is 26.2 Å². The van der Waals surface area contributed by atoms with Crippen LogP contribution in [0.2, 0.25) is 15.1 Å². The van der Waals surface area contributed by atoms with Crippen molar-refractivity contribution in [3.05, 3.63) is 93.4 Å². The number of carbonyl (C=O) groups excluding carboxylic acids is 2. The quantitative estimate of drug-likeness (QED) is 0.248. The van der Waals surface area contributed by atoms with Gasteiger partial charge in [0, 0.05) is 23.1 Å². The Morgan fingerprint density at radius 1 is 0.923 bits per heavy atom. The number of halogens is 3. The van der Waals surface area contributed by atoms with Crippen LogP contribution < -0.4 is 9.62 Å². The molecule has 39 heavy (non-hydrogen) atoms. The minimum absolute atomic E-state index is 0.00551. The number of amides is 2. The van der Waals surface area contributed by atoms with E-state index in [1.54, 1.807) is 49.4 Å². The molecule has 0 aromatic heterocycles. The fourth-order valence-corrected chi connectivity index (χ4v) is 6.06. The lowest BCUT2D eigenvalue weighted by atomic mass is 10.1. The molecule has 11 heteroatoms. The lowest BCUT2D eigenvalue weighted by molar-refractivity contribution is -0.139. The molecule has 7 nitrogen and oxygen atoms in total. The average Bonchev–Trinajstić information content (AvgIpc) is 2.91. The molecular formula is C28H30Cl3N3O4S. The number of carbonyl (C=O) groups is 2. The molecule has 1 N–H and O–H groups in total. The summed E-state index contributed by atoms with van der Waals surface area (Å²) in [5.41, 5.74) is 0.693. The molecule has 3 aromatic rings. The summed E-state index contributed by atoms with van der Waals surface area (Å²) in [6.07, 6.45) is 1.68. The molecular weight excluding hydrogens is 581 g/mol. The van der Waals surface area contributed by atoms with Crippen molar-refractivity contribution in [3.8, 4) is 0 Å². The summed E-state index contributed by atoms with van der Waals surface area (Å²) in [6.45, 7) is 3.44. The van der Waals surface area contributed by atoms with Crippen molar-refractivity contribution in [2.75, 3.05) is 17.4 Å². The highest BCUT2D eigenvalue weighted by Gasteiger charge is 2.33. The number of unbranched alkanes of at least 4 members (excludes halogenated alkanes) is 1. The third kappa shape index (κ3) is 7.88. The summed E-state index contributed by atoms with van der Waals surface area (Å²) in [5.74, 6) is -0.968. The first kappa shape index (κ1) is 30.8. The van der Waals surface area contributed by atoms with Gasteiger partial charge in [0.1, 0.15) is 12.6 Å². The Kier molecular flexibility index (Phi) is 11.1. The molecule has 1 atom stereocenters. The zero-order chi connectivity index (χ0) is 28.6. The highest BCUT2D eigenvalue weighted by atomic mass is 35.5. The summed E-state index contributed by atoms with van der Waals surface area (Å²) in [6, 6.07) is 18.1. The molecule has 0 unspecified atom stereocenters. The first-order valence-electron chi connectivity index (χ1n) is 12.4. The van der Waals surface area contributed by atoms with E-state index >= 15 is 0 Å². The van der Waals surface area contributed by atoms with E-state index in [1.807, 2.05) is 6.92 Å². The van der Waals surface area contributed by atoms with Crippen molar-refractivity contribution in [2.45, 2.75) is 44.2 Å². The summed E-state index contributed by atoms with van der Waals surface area (Å²) in [5, 5.41) is 3.63. The second-order valence-corrected chi connectivity index (χ2v) is 12.0. The molecule has 0 bridgehead atoms. The Balaban J connectivity index is 2.03. The molecule has 0 spiro atoms. The van der Waals surface area contributed by atoms with Crippen LogP contribution in [0.15, 0.2) is 77.7 Å². The van der Waals surface area contributed by atoms with Gasteiger partial charge in [0.15, 0.2) is 0 Å². The largest absolute Gasteiger partial charge is 0.354 e. The molecule has 208 valence electrons. The number of hydrogen-bond donors (Lipinski definition) is 1. The number of hydrogen-bond acceptors (Lipinski definition) is 4. The number of nitrogens with zero attached hydrogens (tertiary/aromatic N) is 2. The van der Waals surface area contributed by atoms with E-state index in [9.17, 15) is 18.0 Å². The standard InChI is InChI=1S/C28H30Cl3N3O4S/c1-3-4-16-32-28(36)20(2)33(18-21-10-8-9-13-24(21)30)27(35)19-34(26-15-14-22(29)17-25(26)31)39(37,38)23-11-6-5-7-12-23/h5-15,17,20H,3-4,16,18-19H2,1-2H3,(H,32,36)/t20-/m0/s1. The van der Waals surface area contributed by atoms with Crippen LogP contribution in [0.3, 0.4) is 0 Å². The third-order valence-corrected chi connectivity index (χ3v) is 8.76. The maximum atomic E-state index is 13.9. The minimum atomic E-state index is -4.23. The Hall–Kier alpha value is -2.78. The fraction of sp³-hybridized carbons (Fsp3) is 0.286. The molecule has 0 radical (unpaired) electrons. The van der Waals surface area contributed by atoms with Crippen LogP contribution in [0.4, 0.5) is 5.69 Å². The van der Waals surface area contributed by atoms with Gasteiger partial charge in [0.05, 0.1) is 15.6 Å². The van der Waals surface area contributed by atoms with Gasteiger partial charge >= 0.3 is 0 Å². The zero-order valence-corrected chi connectivity index (χ0v) is 24.7. The fourth-order valence-electron chi connectivity index (χ4n) is 3.85. The maximum absolute atomic E-state index is 13.9. The maximum Gasteiger partial charge on any atom is 0.264 e. The van der Waals surface area contributed by atoms with E-state index in [4.69, 9.17) is 34.8 Å². The van der Waals surface area contributed by atoms with E-state index in [1.165, 1.54) is 35.2 Å². The van der Waals surface area contributed by atoms with Crippen molar-refractivity contribution < 1.29 is 18.0 Å². The average molecular weight is 611 g/mol. The van der Waals surface area contributed by atoms with Crippen LogP contribution >= 0.6 is 34.8 Å². The van der Waals surface area contributed by atoms with Gasteiger partial charge in [0.25, 0.3) is 10.0 Å². The molecule has 3 rings (SSSR count). The van der Waals surface area contributed by atoms with Gasteiger partial charge in [-0.3, -0.25) is 13.9 Å². The van der Waals surface area contributed by atoms with E-state index in [2.05, 4.69) is 5.32 Å². The van der Waals surface area contributed by atoms with E-state index in [0.29, 0.717) is 22.2 Å². The zero-order valence-electron chi connectivity index (χ0n) is 21.6. The molecule has 0 aliphatic rings. The summed E-state index contributed by atoms with van der Waals surface area (Å²) in [7, 11) is -4.23. The highest BCUT2D eigenvalue weighted by molar-refractivity contribution is 7.92. The predicted octanol–water partition coefficient (Wildman–Crippen LogP) is 6.18. The minimum Gasteiger partial charge on any atom is -0.354 e. The van der Waals surface area contributed by atoms with Gasteiger partial charge in [0.2, 0.25) is 11.8 Å². The van der Waals surface area contributed by atoms with Crippen molar-refractivity contribution in [1.29, 1.82) is 0 Å². The molecule has 3 aromatic carbocycles. The van der Waals surface area contributed by atoms with Crippen LogP contribution in [0, 0.1) is 0 Å². The molecule has 0 heterocycles. The normalized spacial score (nSPS) is 12.0. The molecule has 0 saturated heterocycles. The van der Waals surface area contributed by atoms with Crippen molar-refractivity contribution in [1.82, 2.24) is 10.2 Å². The lowest BCUT2D eigenvalue weighted by Crippen LogP contribution is -2.51. The Morgan fingerprint density at radius 2 is 1.59 bits per heavy atom. The number of nitrogens with one attached hydrogen (secondary N) is 1. The SMILES string of the molecule is CCCCNC(=O)[C@H](C)N(Cc1ccccc1Cl)C(=O)CN(c1ccc(Cl)cc1Cl)S(=O)(=O)c1ccccc1. The number of benzene rings is 3. The van der Waals surface area contributed by atoms with Crippen molar-refractivity contribution in [3.63, 3.8) is 0 Å². The van der Waals surface area contributed by atoms with Gasteiger partial charge in [-0.1, -0.05) is 84.5 Å². The van der Waals surface area contributed by atoms with Gasteiger partial charge in [-0.25, -0.2) is 8.42 Å². The van der Waals surface area contributed by atoms with Crippen LogP contribution in [0.1, 0.15) is 32.3 Å². The van der Waals surface area contributed by atoms with E-state index < -0.39 is 28.5 Å². The summed E-state index contributed by atoms with van der Waals surface area (Å²) in [4.78, 5) is 28.2. The summed E-state index contributed by atoms with van der Waals surface area (Å²) < 4.78 is 28.5. The Morgan fingerprint density at radius 3 is 2.23 bits per heavy atom. The topological polar surface area (TPSA) is 86.8 Å². The van der Waals surface area contributed by atoms with Crippen LogP contribution in [-0.4, -0.2) is 44.3 Å². The second-order valence-electron chi connectivity index (χ2n) is 8.85. The number of sulfonamides is 1. The molecule has 0 aliphatic heterocycles. The van der Waals surface area contributed by atoms with Crippen molar-refractivity contribution in [2.24, 2.45) is 0 Å². The first-order chi connectivity index (χ1) is 18.6. The predicted molar refractivity (Wildman–Crippen MR) is 157 cm³/mol. The smallest absolute Gasteiger partial charge is 0.264 e. The highest BCUT2D eigenvalue weighted by Crippen LogP contribution is 2.33. The molecule has 0 aliphatic carbocycles. The van der Waals surface area contributed by atoms with Crippen molar-refractivity contribution >= 4 is 62.3 Å². The van der Waals surface area contributed by atoms with Gasteiger partial charge in [-0.15, -0.1) is 0 Å².